The summed E-state index contributed by atoms with van der Waals surface area (Å²) in [5, 5.41) is 4.02. The van der Waals surface area contributed by atoms with E-state index >= 15 is 0 Å². The van der Waals surface area contributed by atoms with Gasteiger partial charge in [0.25, 0.3) is 0 Å². The van der Waals surface area contributed by atoms with E-state index in [0.717, 1.165) is 25.8 Å². The van der Waals surface area contributed by atoms with E-state index in [1.54, 1.807) is 11.3 Å². The van der Waals surface area contributed by atoms with Gasteiger partial charge >= 0.3 is 17.8 Å². The molecule has 7 heteroatoms. The molecular formula is C17H18N3O3S+. The molecule has 1 aromatic carbocycles. The van der Waals surface area contributed by atoms with Crippen molar-refractivity contribution < 1.29 is 19.3 Å². The molecule has 2 aromatic rings. The number of nitrogens with one attached hydrogen (secondary N) is 1. The first kappa shape index (κ1) is 16.4. The fourth-order valence-corrected chi connectivity index (χ4v) is 3.33. The zero-order chi connectivity index (χ0) is 17.1. The van der Waals surface area contributed by atoms with E-state index < -0.39 is 17.8 Å². The maximum absolute atomic E-state index is 12.5. The molecule has 1 fully saturated rings. The molecule has 0 spiro atoms. The Morgan fingerprint density at radius 1 is 0.958 bits per heavy atom. The van der Waals surface area contributed by atoms with Gasteiger partial charge in [0.2, 0.25) is 0 Å². The summed E-state index contributed by atoms with van der Waals surface area (Å²) in [6, 6.07) is 10.6. The number of imide groups is 2. The highest BCUT2D eigenvalue weighted by Gasteiger charge is 2.45. The van der Waals surface area contributed by atoms with E-state index in [1.165, 1.54) is 0 Å². The molecule has 1 N–H and O–H groups in total. The molecule has 3 rings (SSSR count). The van der Waals surface area contributed by atoms with E-state index in [9.17, 15) is 14.4 Å². The lowest BCUT2D eigenvalue weighted by Gasteiger charge is -2.19. The van der Waals surface area contributed by atoms with Crippen molar-refractivity contribution in [1.29, 1.82) is 0 Å². The molecule has 6 nitrogen and oxygen atoms in total. The number of carbonyl (C=O) groups excluding carboxylic acids is 3. The monoisotopic (exact) mass is 344 g/mol. The van der Waals surface area contributed by atoms with Gasteiger partial charge < -0.3 is 4.90 Å². The van der Waals surface area contributed by atoms with Crippen LogP contribution in [0.25, 0.3) is 0 Å². The molecule has 4 amide bonds. The van der Waals surface area contributed by atoms with Gasteiger partial charge in [-0.25, -0.2) is 9.69 Å². The van der Waals surface area contributed by atoms with Gasteiger partial charge in [0, 0.05) is 5.56 Å². The first-order valence-corrected chi connectivity index (χ1v) is 8.54. The van der Waals surface area contributed by atoms with Gasteiger partial charge in [0.1, 0.15) is 6.54 Å². The number of nitrogens with zero attached hydrogens (tertiary/aromatic N) is 2. The van der Waals surface area contributed by atoms with E-state index in [2.05, 4.69) is 0 Å². The van der Waals surface area contributed by atoms with Crippen molar-refractivity contribution in [1.82, 2.24) is 9.80 Å². The third kappa shape index (κ3) is 3.37. The largest absolute Gasteiger partial charge is 0.339 e. The second kappa shape index (κ2) is 6.94. The Hall–Kier alpha value is -2.51. The summed E-state index contributed by atoms with van der Waals surface area (Å²) in [7, 11) is 1.89. The summed E-state index contributed by atoms with van der Waals surface area (Å²) < 4.78 is 0. The molecule has 0 saturated carbocycles. The summed E-state index contributed by atoms with van der Waals surface area (Å²) in [6.45, 7) is 0.975. The maximum atomic E-state index is 12.5. The Kier molecular flexibility index (Phi) is 4.73. The Morgan fingerprint density at radius 2 is 1.67 bits per heavy atom. The molecule has 1 aliphatic heterocycles. The van der Waals surface area contributed by atoms with Crippen molar-refractivity contribution >= 4 is 29.2 Å². The zero-order valence-corrected chi connectivity index (χ0v) is 14.1. The minimum Gasteiger partial charge on any atom is -0.316 e. The van der Waals surface area contributed by atoms with Crippen molar-refractivity contribution in [3.63, 3.8) is 0 Å². The fraction of sp³-hybridized carbons (Fsp3) is 0.235. The Bertz CT molecular complexity index is 746. The number of hydrogen-bond acceptors (Lipinski definition) is 4. The second-order valence-electron chi connectivity index (χ2n) is 5.82. The number of carbonyl (C=O) groups is 3. The number of benzene rings is 1. The average Bonchev–Trinajstić information content (AvgIpc) is 3.15. The third-order valence-electron chi connectivity index (χ3n) is 3.83. The van der Waals surface area contributed by atoms with Gasteiger partial charge in [-0.05, 0) is 22.4 Å². The fourth-order valence-electron chi connectivity index (χ4n) is 2.66. The summed E-state index contributed by atoms with van der Waals surface area (Å²) in [6.07, 6.45) is 0. The van der Waals surface area contributed by atoms with Crippen LogP contribution in [-0.2, 0) is 22.7 Å². The first-order valence-electron chi connectivity index (χ1n) is 7.60. The van der Waals surface area contributed by atoms with Gasteiger partial charge in [-0.2, -0.15) is 11.3 Å². The first-order chi connectivity index (χ1) is 11.6. The molecule has 0 radical (unpaired) electrons. The van der Waals surface area contributed by atoms with Crippen molar-refractivity contribution in [2.24, 2.45) is 0 Å². The standard InChI is InChI=1S/C17H17N3O3S/c1-18(9-14-7-8-24-11-14)12-20-16(22)15(21)19(17(20)23)10-13-5-3-2-4-6-13/h2-8,11H,9-10,12H2,1H3/p+1. The predicted molar refractivity (Wildman–Crippen MR) is 89.0 cm³/mol. The molecule has 24 heavy (non-hydrogen) atoms. The quantitative estimate of drug-likeness (QED) is 0.620. The molecular weight excluding hydrogens is 326 g/mol. The minimum absolute atomic E-state index is 0.115. The van der Waals surface area contributed by atoms with Crippen LogP contribution in [0.4, 0.5) is 4.79 Å². The van der Waals surface area contributed by atoms with Gasteiger partial charge in [-0.1, -0.05) is 30.3 Å². The topological polar surface area (TPSA) is 62.1 Å². The van der Waals surface area contributed by atoms with Gasteiger partial charge in [-0.3, -0.25) is 14.5 Å². The number of rotatable bonds is 6. The molecule has 1 atom stereocenters. The van der Waals surface area contributed by atoms with Gasteiger partial charge in [-0.15, -0.1) is 0 Å². The molecule has 1 saturated heterocycles. The zero-order valence-electron chi connectivity index (χ0n) is 13.3. The van der Waals surface area contributed by atoms with Crippen LogP contribution >= 0.6 is 11.3 Å². The average molecular weight is 344 g/mol. The number of thiophene rings is 1. The van der Waals surface area contributed by atoms with Crippen LogP contribution in [0.3, 0.4) is 0 Å². The SMILES string of the molecule is C[NH+](Cc1ccsc1)CN1C(=O)C(=O)N(Cc2ccccc2)C1=O. The number of urea groups is 1. The molecule has 1 aromatic heterocycles. The van der Waals surface area contributed by atoms with E-state index in [-0.39, 0.29) is 13.2 Å². The van der Waals surface area contributed by atoms with Crippen molar-refractivity contribution in [2.75, 3.05) is 13.7 Å². The molecule has 0 aliphatic carbocycles. The third-order valence-corrected chi connectivity index (χ3v) is 4.56. The van der Waals surface area contributed by atoms with Crippen LogP contribution in [0.2, 0.25) is 0 Å². The van der Waals surface area contributed by atoms with E-state index in [0.29, 0.717) is 6.54 Å². The predicted octanol–water partition coefficient (Wildman–Crippen LogP) is 0.711. The van der Waals surface area contributed by atoms with Crippen molar-refractivity contribution in [3.8, 4) is 0 Å². The van der Waals surface area contributed by atoms with Crippen LogP contribution in [-0.4, -0.2) is 41.4 Å². The number of amides is 4. The summed E-state index contributed by atoms with van der Waals surface area (Å²) in [5.41, 5.74) is 1.96. The van der Waals surface area contributed by atoms with Crippen LogP contribution in [0.5, 0.6) is 0 Å². The summed E-state index contributed by atoms with van der Waals surface area (Å²) in [4.78, 5) is 39.8. The highest BCUT2D eigenvalue weighted by molar-refractivity contribution is 7.07. The van der Waals surface area contributed by atoms with Crippen LogP contribution < -0.4 is 4.90 Å². The minimum atomic E-state index is -0.757. The Labute approximate surface area is 143 Å². The lowest BCUT2D eigenvalue weighted by atomic mass is 10.2. The highest BCUT2D eigenvalue weighted by Crippen LogP contribution is 2.15. The smallest absolute Gasteiger partial charge is 0.316 e. The Balaban J connectivity index is 1.67. The lowest BCUT2D eigenvalue weighted by Crippen LogP contribution is -3.09. The van der Waals surface area contributed by atoms with Crippen molar-refractivity contribution in [3.05, 3.63) is 58.3 Å². The van der Waals surface area contributed by atoms with Crippen LogP contribution in [0.1, 0.15) is 11.1 Å². The Morgan fingerprint density at radius 3 is 2.33 bits per heavy atom. The maximum Gasteiger partial charge on any atom is 0.339 e. The van der Waals surface area contributed by atoms with E-state index in [4.69, 9.17) is 0 Å². The van der Waals surface area contributed by atoms with Gasteiger partial charge in [0.15, 0.2) is 6.67 Å². The van der Waals surface area contributed by atoms with Gasteiger partial charge in [0.05, 0.1) is 13.6 Å². The highest BCUT2D eigenvalue weighted by atomic mass is 32.1. The molecule has 2 heterocycles. The van der Waals surface area contributed by atoms with Crippen molar-refractivity contribution in [2.45, 2.75) is 13.1 Å². The number of hydrogen-bond donors (Lipinski definition) is 1. The molecule has 1 unspecified atom stereocenters. The lowest BCUT2D eigenvalue weighted by molar-refractivity contribution is -0.901. The number of quaternary nitrogens is 1. The second-order valence-corrected chi connectivity index (χ2v) is 6.60. The summed E-state index contributed by atoms with van der Waals surface area (Å²) >= 11 is 1.60. The molecule has 124 valence electrons. The van der Waals surface area contributed by atoms with Crippen LogP contribution in [0.15, 0.2) is 47.2 Å². The van der Waals surface area contributed by atoms with Crippen LogP contribution in [0, 0.1) is 0 Å². The normalized spacial score (nSPS) is 16.1. The molecule has 0 bridgehead atoms. The van der Waals surface area contributed by atoms with E-state index in [1.807, 2.05) is 54.2 Å². The summed E-state index contributed by atoms with van der Waals surface area (Å²) in [5.74, 6) is -1.51. The molecule has 1 aliphatic rings.